The topological polar surface area (TPSA) is 61.0 Å². The van der Waals surface area contributed by atoms with Crippen LogP contribution in [0.4, 0.5) is 5.82 Å². The molecule has 1 saturated heterocycles. The van der Waals surface area contributed by atoms with Crippen molar-refractivity contribution in [2.45, 2.75) is 58.4 Å². The standard InChI is InChI=1S/C16H28N4O/c1-4-9-20(11-13-7-5-6-8-17-13)14-10-15(21)19-16(18-14)12(2)3/h10,12-13,17H,4-9,11H2,1-3H3,(H,18,19,21). The van der Waals surface area contributed by atoms with Crippen LogP contribution in [-0.2, 0) is 0 Å². The van der Waals surface area contributed by atoms with E-state index < -0.39 is 0 Å². The van der Waals surface area contributed by atoms with Crippen molar-refractivity contribution in [3.8, 4) is 0 Å². The molecule has 5 nitrogen and oxygen atoms in total. The Labute approximate surface area is 127 Å². The van der Waals surface area contributed by atoms with Gasteiger partial charge >= 0.3 is 0 Å². The third-order valence-corrected chi connectivity index (χ3v) is 3.96. The molecule has 1 aromatic heterocycles. The van der Waals surface area contributed by atoms with E-state index in [0.717, 1.165) is 37.7 Å². The van der Waals surface area contributed by atoms with Crippen molar-refractivity contribution in [2.75, 3.05) is 24.5 Å². The van der Waals surface area contributed by atoms with Gasteiger partial charge in [0.25, 0.3) is 5.56 Å². The van der Waals surface area contributed by atoms with Crippen molar-refractivity contribution in [3.63, 3.8) is 0 Å². The predicted molar refractivity (Wildman–Crippen MR) is 87.1 cm³/mol. The summed E-state index contributed by atoms with van der Waals surface area (Å²) in [6, 6.07) is 2.14. The molecule has 0 aromatic carbocycles. The summed E-state index contributed by atoms with van der Waals surface area (Å²) in [5, 5.41) is 3.57. The van der Waals surface area contributed by atoms with Crippen LogP contribution in [0.25, 0.3) is 0 Å². The van der Waals surface area contributed by atoms with Gasteiger partial charge < -0.3 is 15.2 Å². The highest BCUT2D eigenvalue weighted by atomic mass is 16.1. The van der Waals surface area contributed by atoms with Crippen LogP contribution < -0.4 is 15.8 Å². The van der Waals surface area contributed by atoms with Crippen LogP contribution in [0, 0.1) is 0 Å². The first kappa shape index (κ1) is 16.0. The van der Waals surface area contributed by atoms with Crippen LogP contribution in [0.1, 0.15) is 58.2 Å². The lowest BCUT2D eigenvalue weighted by Crippen LogP contribution is -2.44. The summed E-state index contributed by atoms with van der Waals surface area (Å²) in [7, 11) is 0. The fraction of sp³-hybridized carbons (Fsp3) is 0.750. The number of aromatic nitrogens is 2. The molecular formula is C16H28N4O. The Bertz CT molecular complexity index is 491. The first-order valence-electron chi connectivity index (χ1n) is 8.19. The zero-order chi connectivity index (χ0) is 15.2. The minimum Gasteiger partial charge on any atom is -0.355 e. The predicted octanol–water partition coefficient (Wildman–Crippen LogP) is 2.25. The number of nitrogens with one attached hydrogen (secondary N) is 2. The average Bonchev–Trinajstić information content (AvgIpc) is 2.47. The highest BCUT2D eigenvalue weighted by Gasteiger charge is 2.18. The monoisotopic (exact) mass is 292 g/mol. The average molecular weight is 292 g/mol. The molecule has 1 aliphatic rings. The molecule has 5 heteroatoms. The second-order valence-corrected chi connectivity index (χ2v) is 6.24. The van der Waals surface area contributed by atoms with E-state index in [2.05, 4.69) is 41.0 Å². The molecule has 0 saturated carbocycles. The molecule has 0 amide bonds. The van der Waals surface area contributed by atoms with Crippen LogP contribution in [0.5, 0.6) is 0 Å². The van der Waals surface area contributed by atoms with Gasteiger partial charge in [-0.3, -0.25) is 4.79 Å². The molecule has 2 heterocycles. The molecule has 0 spiro atoms. The van der Waals surface area contributed by atoms with Crippen molar-refractivity contribution in [3.05, 3.63) is 22.2 Å². The Morgan fingerprint density at radius 3 is 2.86 bits per heavy atom. The Hall–Kier alpha value is -1.36. The van der Waals surface area contributed by atoms with Gasteiger partial charge in [0.05, 0.1) is 0 Å². The maximum Gasteiger partial charge on any atom is 0.252 e. The number of hydrogen-bond acceptors (Lipinski definition) is 4. The molecule has 2 rings (SSSR count). The van der Waals surface area contributed by atoms with Crippen LogP contribution in [-0.4, -0.2) is 35.6 Å². The summed E-state index contributed by atoms with van der Waals surface area (Å²) in [5.41, 5.74) is -0.0543. The maximum atomic E-state index is 11.9. The highest BCUT2D eigenvalue weighted by Crippen LogP contribution is 2.16. The minimum atomic E-state index is -0.0543. The molecule has 0 bridgehead atoms. The molecule has 118 valence electrons. The molecule has 1 aliphatic heterocycles. The lowest BCUT2D eigenvalue weighted by atomic mass is 10.0. The number of nitrogens with zero attached hydrogens (tertiary/aromatic N) is 2. The first-order chi connectivity index (χ1) is 10.1. The number of aromatic amines is 1. The van der Waals surface area contributed by atoms with Gasteiger partial charge in [0.15, 0.2) is 0 Å². The van der Waals surface area contributed by atoms with E-state index in [4.69, 9.17) is 0 Å². The molecule has 1 unspecified atom stereocenters. The quantitative estimate of drug-likeness (QED) is 0.844. The number of piperidine rings is 1. The first-order valence-corrected chi connectivity index (χ1v) is 8.19. The largest absolute Gasteiger partial charge is 0.355 e. The fourth-order valence-electron chi connectivity index (χ4n) is 2.81. The lowest BCUT2D eigenvalue weighted by Gasteiger charge is -2.31. The molecule has 1 fully saturated rings. The number of anilines is 1. The molecule has 1 atom stereocenters. The van der Waals surface area contributed by atoms with E-state index in [1.165, 1.54) is 19.3 Å². The van der Waals surface area contributed by atoms with Gasteiger partial charge in [0.1, 0.15) is 11.6 Å². The summed E-state index contributed by atoms with van der Waals surface area (Å²) < 4.78 is 0. The Kier molecular flexibility index (Phi) is 5.79. The van der Waals surface area contributed by atoms with Crippen molar-refractivity contribution >= 4 is 5.82 Å². The van der Waals surface area contributed by atoms with Crippen LogP contribution >= 0.6 is 0 Å². The van der Waals surface area contributed by atoms with Gasteiger partial charge in [-0.15, -0.1) is 0 Å². The molecule has 21 heavy (non-hydrogen) atoms. The summed E-state index contributed by atoms with van der Waals surface area (Å²) in [6.07, 6.45) is 4.82. The Balaban J connectivity index is 2.18. The van der Waals surface area contributed by atoms with Gasteiger partial charge in [0.2, 0.25) is 0 Å². The minimum absolute atomic E-state index is 0.0543. The van der Waals surface area contributed by atoms with E-state index in [0.29, 0.717) is 6.04 Å². The molecular weight excluding hydrogens is 264 g/mol. The molecule has 1 aromatic rings. The normalized spacial score (nSPS) is 19.0. The molecule has 0 radical (unpaired) electrons. The van der Waals surface area contributed by atoms with Crippen molar-refractivity contribution in [1.29, 1.82) is 0 Å². The number of rotatable bonds is 6. The van der Waals surface area contributed by atoms with Crippen LogP contribution in [0.15, 0.2) is 10.9 Å². The number of hydrogen-bond donors (Lipinski definition) is 2. The van der Waals surface area contributed by atoms with E-state index >= 15 is 0 Å². The van der Waals surface area contributed by atoms with Gasteiger partial charge in [-0.25, -0.2) is 4.98 Å². The summed E-state index contributed by atoms with van der Waals surface area (Å²) in [6.45, 7) is 9.24. The third-order valence-electron chi connectivity index (χ3n) is 3.96. The van der Waals surface area contributed by atoms with Crippen molar-refractivity contribution in [1.82, 2.24) is 15.3 Å². The molecule has 2 N–H and O–H groups in total. The smallest absolute Gasteiger partial charge is 0.252 e. The second kappa shape index (κ2) is 7.59. The highest BCUT2D eigenvalue weighted by molar-refractivity contribution is 5.38. The lowest BCUT2D eigenvalue weighted by molar-refractivity contribution is 0.398. The Morgan fingerprint density at radius 2 is 2.24 bits per heavy atom. The summed E-state index contributed by atoms with van der Waals surface area (Å²) in [4.78, 5) is 21.6. The number of H-pyrrole nitrogens is 1. The van der Waals surface area contributed by atoms with E-state index in [-0.39, 0.29) is 11.5 Å². The Morgan fingerprint density at radius 1 is 1.43 bits per heavy atom. The van der Waals surface area contributed by atoms with Crippen molar-refractivity contribution in [2.24, 2.45) is 0 Å². The summed E-state index contributed by atoms with van der Waals surface area (Å²) >= 11 is 0. The van der Waals surface area contributed by atoms with Crippen molar-refractivity contribution < 1.29 is 0 Å². The van der Waals surface area contributed by atoms with E-state index in [9.17, 15) is 4.79 Å². The second-order valence-electron chi connectivity index (χ2n) is 6.24. The SMILES string of the molecule is CCCN(CC1CCCCN1)c1cc(=O)[nH]c(C(C)C)n1. The zero-order valence-electron chi connectivity index (χ0n) is 13.5. The zero-order valence-corrected chi connectivity index (χ0v) is 13.5. The van der Waals surface area contributed by atoms with Gasteiger partial charge in [-0.1, -0.05) is 27.2 Å². The summed E-state index contributed by atoms with van der Waals surface area (Å²) in [5.74, 6) is 1.82. The van der Waals surface area contributed by atoms with E-state index in [1.54, 1.807) is 6.07 Å². The van der Waals surface area contributed by atoms with Gasteiger partial charge in [-0.05, 0) is 25.8 Å². The molecule has 0 aliphatic carbocycles. The third kappa shape index (κ3) is 4.56. The fourth-order valence-corrected chi connectivity index (χ4v) is 2.81. The van der Waals surface area contributed by atoms with E-state index in [1.807, 2.05) is 0 Å². The van der Waals surface area contributed by atoms with Gasteiger partial charge in [-0.2, -0.15) is 0 Å². The van der Waals surface area contributed by atoms with Crippen LogP contribution in [0.2, 0.25) is 0 Å². The van der Waals surface area contributed by atoms with Gasteiger partial charge in [0, 0.05) is 31.1 Å². The van der Waals surface area contributed by atoms with Crippen LogP contribution in [0.3, 0.4) is 0 Å². The maximum absolute atomic E-state index is 11.9.